The lowest BCUT2D eigenvalue weighted by Crippen LogP contribution is -2.59. The third kappa shape index (κ3) is 3.93. The number of carbonyl (C=O) groups is 2. The van der Waals surface area contributed by atoms with Gasteiger partial charge in [-0.05, 0) is 38.1 Å². The Balaban J connectivity index is 1.60. The van der Waals surface area contributed by atoms with E-state index >= 15 is 0 Å². The number of nitro benzene ring substituents is 1. The topological polar surface area (TPSA) is 105 Å². The summed E-state index contributed by atoms with van der Waals surface area (Å²) in [5.41, 5.74) is -0.406. The van der Waals surface area contributed by atoms with E-state index < -0.39 is 10.5 Å². The summed E-state index contributed by atoms with van der Waals surface area (Å²) in [6, 6.07) is 5.58. The van der Waals surface area contributed by atoms with Crippen LogP contribution in [0.5, 0.6) is 0 Å². The number of hydrogen-bond donors (Lipinski definition) is 1. The van der Waals surface area contributed by atoms with Crippen molar-refractivity contribution in [2.45, 2.75) is 18.4 Å². The third-order valence-corrected chi connectivity index (χ3v) is 5.37. The van der Waals surface area contributed by atoms with Gasteiger partial charge in [0.15, 0.2) is 0 Å². The number of methoxy groups -OCH3 is 1. The molecule has 1 aromatic carbocycles. The van der Waals surface area contributed by atoms with E-state index in [9.17, 15) is 19.7 Å². The molecule has 27 heavy (non-hydrogen) atoms. The summed E-state index contributed by atoms with van der Waals surface area (Å²) in [7, 11) is 1.58. The highest BCUT2D eigenvalue weighted by Gasteiger charge is 2.43. The Labute approximate surface area is 157 Å². The van der Waals surface area contributed by atoms with Crippen LogP contribution in [0.1, 0.15) is 23.2 Å². The second kappa shape index (κ2) is 8.01. The number of nitrogens with one attached hydrogen (secondary N) is 1. The number of non-ortho nitro benzene ring substituents is 1. The van der Waals surface area contributed by atoms with Crippen LogP contribution < -0.4 is 5.32 Å². The van der Waals surface area contributed by atoms with E-state index in [0.29, 0.717) is 44.6 Å². The van der Waals surface area contributed by atoms with Crippen LogP contribution in [-0.2, 0) is 9.53 Å². The molecule has 1 N–H and O–H groups in total. The molecule has 0 aliphatic carbocycles. The van der Waals surface area contributed by atoms with E-state index in [2.05, 4.69) is 5.32 Å². The molecule has 0 unspecified atom stereocenters. The van der Waals surface area contributed by atoms with Crippen LogP contribution in [0, 0.1) is 10.1 Å². The van der Waals surface area contributed by atoms with Gasteiger partial charge in [0.2, 0.25) is 0 Å². The first-order valence-corrected chi connectivity index (χ1v) is 9.06. The SMILES string of the molecule is COC1(C(=O)N2CCN(C(=O)c3ccc([N+](=O)[O-])cc3)CC2)CCNCC1. The van der Waals surface area contributed by atoms with Crippen LogP contribution in [0.3, 0.4) is 0 Å². The molecule has 0 saturated carbocycles. The van der Waals surface area contributed by atoms with E-state index in [1.165, 1.54) is 24.3 Å². The summed E-state index contributed by atoms with van der Waals surface area (Å²) in [4.78, 5) is 39.2. The normalized spacial score (nSPS) is 19.6. The molecule has 2 heterocycles. The van der Waals surface area contributed by atoms with Crippen molar-refractivity contribution < 1.29 is 19.2 Å². The van der Waals surface area contributed by atoms with Gasteiger partial charge in [0.1, 0.15) is 5.60 Å². The van der Waals surface area contributed by atoms with Gasteiger partial charge in [0.25, 0.3) is 17.5 Å². The number of hydrogen-bond acceptors (Lipinski definition) is 6. The zero-order chi connectivity index (χ0) is 19.4. The molecule has 9 heteroatoms. The van der Waals surface area contributed by atoms with Crippen molar-refractivity contribution in [3.63, 3.8) is 0 Å². The molecule has 1 aromatic rings. The molecular weight excluding hydrogens is 352 g/mol. The molecule has 146 valence electrons. The van der Waals surface area contributed by atoms with Crippen LogP contribution in [0.15, 0.2) is 24.3 Å². The fourth-order valence-electron chi connectivity index (χ4n) is 3.64. The van der Waals surface area contributed by atoms with Crippen LogP contribution in [0.2, 0.25) is 0 Å². The van der Waals surface area contributed by atoms with E-state index in [-0.39, 0.29) is 17.5 Å². The number of piperidine rings is 1. The van der Waals surface area contributed by atoms with E-state index in [0.717, 1.165) is 13.1 Å². The van der Waals surface area contributed by atoms with Gasteiger partial charge >= 0.3 is 0 Å². The summed E-state index contributed by atoms with van der Waals surface area (Å²) in [6.07, 6.45) is 1.29. The molecule has 2 aliphatic heterocycles. The third-order valence-electron chi connectivity index (χ3n) is 5.37. The van der Waals surface area contributed by atoms with Crippen LogP contribution >= 0.6 is 0 Å². The highest BCUT2D eigenvalue weighted by atomic mass is 16.6. The molecule has 0 bridgehead atoms. The lowest BCUT2D eigenvalue weighted by Gasteiger charge is -2.42. The molecule has 2 saturated heterocycles. The molecule has 0 atom stereocenters. The summed E-state index contributed by atoms with van der Waals surface area (Å²) in [5.74, 6) is -0.186. The summed E-state index contributed by atoms with van der Waals surface area (Å²) < 4.78 is 5.60. The fourth-order valence-corrected chi connectivity index (χ4v) is 3.64. The number of rotatable bonds is 4. The van der Waals surface area contributed by atoms with Crippen molar-refractivity contribution in [1.29, 1.82) is 0 Å². The predicted molar refractivity (Wildman–Crippen MR) is 97.4 cm³/mol. The van der Waals surface area contributed by atoms with Gasteiger partial charge in [-0.15, -0.1) is 0 Å². The number of piperazine rings is 1. The van der Waals surface area contributed by atoms with Gasteiger partial charge in [-0.2, -0.15) is 0 Å². The zero-order valence-corrected chi connectivity index (χ0v) is 15.3. The number of carbonyl (C=O) groups excluding carboxylic acids is 2. The Morgan fingerprint density at radius 3 is 2.15 bits per heavy atom. The Kier molecular flexibility index (Phi) is 5.71. The lowest BCUT2D eigenvalue weighted by molar-refractivity contribution is -0.384. The largest absolute Gasteiger partial charge is 0.368 e. The minimum atomic E-state index is -0.768. The number of benzene rings is 1. The average Bonchev–Trinajstić information content (AvgIpc) is 2.73. The standard InChI is InChI=1S/C18H24N4O5/c1-27-18(6-8-19-9-7-18)17(24)21-12-10-20(11-13-21)16(23)14-2-4-15(5-3-14)22(25)26/h2-5,19H,6-13H2,1H3. The summed E-state index contributed by atoms with van der Waals surface area (Å²) in [6.45, 7) is 3.27. The maximum Gasteiger partial charge on any atom is 0.269 e. The molecule has 0 radical (unpaired) electrons. The molecule has 9 nitrogen and oxygen atoms in total. The number of amides is 2. The maximum absolute atomic E-state index is 13.0. The molecule has 2 amide bonds. The Hall–Kier alpha value is -2.52. The quantitative estimate of drug-likeness (QED) is 0.611. The van der Waals surface area contributed by atoms with Gasteiger partial charge in [-0.25, -0.2) is 0 Å². The van der Waals surface area contributed by atoms with Crippen molar-refractivity contribution in [1.82, 2.24) is 15.1 Å². The molecular formula is C18H24N4O5. The Bertz CT molecular complexity index is 707. The second-order valence-electron chi connectivity index (χ2n) is 6.84. The van der Waals surface area contributed by atoms with Crippen LogP contribution in [0.25, 0.3) is 0 Å². The van der Waals surface area contributed by atoms with Crippen LogP contribution in [0.4, 0.5) is 5.69 Å². The first-order chi connectivity index (χ1) is 13.0. The first kappa shape index (κ1) is 19.2. The van der Waals surface area contributed by atoms with Crippen LogP contribution in [-0.4, -0.2) is 78.5 Å². The van der Waals surface area contributed by atoms with Gasteiger partial charge in [-0.3, -0.25) is 19.7 Å². The molecule has 2 fully saturated rings. The van der Waals surface area contributed by atoms with Crippen molar-refractivity contribution >= 4 is 17.5 Å². The highest BCUT2D eigenvalue weighted by molar-refractivity contribution is 5.94. The number of nitro groups is 1. The number of nitrogens with zero attached hydrogens (tertiary/aromatic N) is 3. The van der Waals surface area contributed by atoms with Gasteiger partial charge < -0.3 is 19.9 Å². The van der Waals surface area contributed by atoms with Gasteiger partial charge in [-0.1, -0.05) is 0 Å². The first-order valence-electron chi connectivity index (χ1n) is 9.06. The van der Waals surface area contributed by atoms with Crippen molar-refractivity contribution in [3.05, 3.63) is 39.9 Å². The van der Waals surface area contributed by atoms with Crippen molar-refractivity contribution in [2.24, 2.45) is 0 Å². The Morgan fingerprint density at radius 2 is 1.63 bits per heavy atom. The number of ether oxygens (including phenoxy) is 1. The molecule has 0 aromatic heterocycles. The monoisotopic (exact) mass is 376 g/mol. The molecule has 3 rings (SSSR count). The lowest BCUT2D eigenvalue weighted by atomic mass is 9.90. The van der Waals surface area contributed by atoms with Crippen molar-refractivity contribution in [3.8, 4) is 0 Å². The molecule has 2 aliphatic rings. The zero-order valence-electron chi connectivity index (χ0n) is 15.3. The maximum atomic E-state index is 13.0. The summed E-state index contributed by atoms with van der Waals surface area (Å²) in [5, 5.41) is 14.0. The fraction of sp³-hybridized carbons (Fsp3) is 0.556. The highest BCUT2D eigenvalue weighted by Crippen LogP contribution is 2.26. The summed E-state index contributed by atoms with van der Waals surface area (Å²) >= 11 is 0. The minimum Gasteiger partial charge on any atom is -0.368 e. The average molecular weight is 376 g/mol. The smallest absolute Gasteiger partial charge is 0.269 e. The van der Waals surface area contributed by atoms with E-state index in [4.69, 9.17) is 4.74 Å². The second-order valence-corrected chi connectivity index (χ2v) is 6.84. The van der Waals surface area contributed by atoms with E-state index in [1.54, 1.807) is 16.9 Å². The minimum absolute atomic E-state index is 0.00562. The van der Waals surface area contributed by atoms with Gasteiger partial charge in [0.05, 0.1) is 4.92 Å². The predicted octanol–water partition coefficient (Wildman–Crippen LogP) is 0.648. The molecule has 0 spiro atoms. The van der Waals surface area contributed by atoms with Crippen molar-refractivity contribution in [2.75, 3.05) is 46.4 Å². The van der Waals surface area contributed by atoms with Gasteiger partial charge in [0, 0.05) is 51.0 Å². The Morgan fingerprint density at radius 1 is 1.07 bits per heavy atom. The van der Waals surface area contributed by atoms with E-state index in [1.807, 2.05) is 0 Å².